The highest BCUT2D eigenvalue weighted by Gasteiger charge is 2.23. The summed E-state index contributed by atoms with van der Waals surface area (Å²) in [4.78, 5) is 13.3. The fourth-order valence-corrected chi connectivity index (χ4v) is 2.11. The maximum absolute atomic E-state index is 11.0. The Morgan fingerprint density at radius 3 is 2.57 bits per heavy atom. The van der Waals surface area contributed by atoms with E-state index in [2.05, 4.69) is 17.3 Å². The van der Waals surface area contributed by atoms with Crippen LogP contribution in [0.2, 0.25) is 0 Å². The Balaban J connectivity index is 2.37. The smallest absolute Gasteiger partial charge is 0.235 e. The quantitative estimate of drug-likeness (QED) is 0.652. The molecule has 0 aromatic carbocycles. The fourth-order valence-electron chi connectivity index (χ4n) is 2.11. The summed E-state index contributed by atoms with van der Waals surface area (Å²) in [5.74, 6) is -0.266. The molecule has 1 amide bonds. The standard InChI is InChI=1S/C10H21N3O/c1-12-9(10(11)14)7-13(2)8-5-3-4-6-8/h8-9,12H,3-7H2,1-2H3,(H2,11,14). The lowest BCUT2D eigenvalue weighted by atomic mass is 10.2. The Morgan fingerprint density at radius 2 is 2.14 bits per heavy atom. The van der Waals surface area contributed by atoms with Crippen LogP contribution in [0.15, 0.2) is 0 Å². The second-order valence-corrected chi connectivity index (χ2v) is 4.12. The van der Waals surface area contributed by atoms with E-state index in [0.717, 1.165) is 6.54 Å². The lowest BCUT2D eigenvalue weighted by molar-refractivity contribution is -0.120. The van der Waals surface area contributed by atoms with Gasteiger partial charge < -0.3 is 16.0 Å². The van der Waals surface area contributed by atoms with E-state index in [1.165, 1.54) is 25.7 Å². The number of carbonyl (C=O) groups excluding carboxylic acids is 1. The van der Waals surface area contributed by atoms with Crippen molar-refractivity contribution in [1.29, 1.82) is 0 Å². The number of nitrogens with one attached hydrogen (secondary N) is 1. The summed E-state index contributed by atoms with van der Waals surface area (Å²) in [7, 11) is 3.85. The minimum atomic E-state index is -0.266. The Morgan fingerprint density at radius 1 is 1.57 bits per heavy atom. The molecule has 1 fully saturated rings. The van der Waals surface area contributed by atoms with Crippen LogP contribution in [-0.4, -0.2) is 43.5 Å². The Kier molecular flexibility index (Phi) is 4.35. The molecule has 1 aliphatic carbocycles. The molecule has 0 heterocycles. The molecule has 1 rings (SSSR count). The van der Waals surface area contributed by atoms with E-state index in [-0.39, 0.29) is 11.9 Å². The second-order valence-electron chi connectivity index (χ2n) is 4.12. The Labute approximate surface area is 85.8 Å². The van der Waals surface area contributed by atoms with Crippen molar-refractivity contribution in [2.24, 2.45) is 5.73 Å². The minimum Gasteiger partial charge on any atom is -0.368 e. The summed E-state index contributed by atoms with van der Waals surface area (Å²) < 4.78 is 0. The van der Waals surface area contributed by atoms with Crippen molar-refractivity contribution in [3.63, 3.8) is 0 Å². The SMILES string of the molecule is CNC(CN(C)C1CCCC1)C(N)=O. The maximum Gasteiger partial charge on any atom is 0.235 e. The molecule has 0 spiro atoms. The van der Waals surface area contributed by atoms with Crippen LogP contribution >= 0.6 is 0 Å². The summed E-state index contributed by atoms with van der Waals surface area (Å²) in [6.45, 7) is 0.719. The molecule has 1 unspecified atom stereocenters. The molecule has 0 aliphatic heterocycles. The third-order valence-corrected chi connectivity index (χ3v) is 3.11. The zero-order chi connectivity index (χ0) is 10.6. The number of hydrogen-bond acceptors (Lipinski definition) is 3. The van der Waals surface area contributed by atoms with E-state index in [9.17, 15) is 4.79 Å². The van der Waals surface area contributed by atoms with Crippen molar-refractivity contribution in [2.75, 3.05) is 20.6 Å². The molecule has 4 heteroatoms. The Hall–Kier alpha value is -0.610. The van der Waals surface area contributed by atoms with E-state index >= 15 is 0 Å². The van der Waals surface area contributed by atoms with Gasteiger partial charge in [0.15, 0.2) is 0 Å². The van der Waals surface area contributed by atoms with Gasteiger partial charge in [0.2, 0.25) is 5.91 Å². The molecule has 1 atom stereocenters. The highest BCUT2D eigenvalue weighted by atomic mass is 16.1. The molecule has 1 saturated carbocycles. The van der Waals surface area contributed by atoms with Crippen molar-refractivity contribution in [3.8, 4) is 0 Å². The van der Waals surface area contributed by atoms with Crippen LogP contribution < -0.4 is 11.1 Å². The third-order valence-electron chi connectivity index (χ3n) is 3.11. The first-order chi connectivity index (χ1) is 6.65. The normalized spacial score (nSPS) is 20.2. The molecule has 1 aliphatic rings. The fraction of sp³-hybridized carbons (Fsp3) is 0.900. The van der Waals surface area contributed by atoms with Gasteiger partial charge in [-0.3, -0.25) is 4.79 Å². The van der Waals surface area contributed by atoms with Crippen LogP contribution in [0.25, 0.3) is 0 Å². The largest absolute Gasteiger partial charge is 0.368 e. The van der Waals surface area contributed by atoms with Crippen molar-refractivity contribution < 1.29 is 4.79 Å². The zero-order valence-corrected chi connectivity index (χ0v) is 9.12. The number of rotatable bonds is 5. The van der Waals surface area contributed by atoms with Gasteiger partial charge in [0.05, 0.1) is 6.04 Å². The van der Waals surface area contributed by atoms with Gasteiger partial charge in [-0.1, -0.05) is 12.8 Å². The lowest BCUT2D eigenvalue weighted by Crippen LogP contribution is -2.48. The topological polar surface area (TPSA) is 58.4 Å². The third kappa shape index (κ3) is 2.96. The zero-order valence-electron chi connectivity index (χ0n) is 9.12. The number of likely N-dealkylation sites (N-methyl/N-ethyl adjacent to an activating group) is 2. The summed E-state index contributed by atoms with van der Waals surface area (Å²) in [5, 5.41) is 2.94. The summed E-state index contributed by atoms with van der Waals surface area (Å²) in [6.07, 6.45) is 5.14. The van der Waals surface area contributed by atoms with Gasteiger partial charge in [0, 0.05) is 12.6 Å². The van der Waals surface area contributed by atoms with Gasteiger partial charge in [-0.15, -0.1) is 0 Å². The van der Waals surface area contributed by atoms with Gasteiger partial charge in [-0.05, 0) is 26.9 Å². The first-order valence-electron chi connectivity index (χ1n) is 5.32. The van der Waals surface area contributed by atoms with Crippen molar-refractivity contribution >= 4 is 5.91 Å². The number of amides is 1. The second kappa shape index (κ2) is 5.32. The first kappa shape index (κ1) is 11.5. The van der Waals surface area contributed by atoms with E-state index < -0.39 is 0 Å². The molecule has 0 bridgehead atoms. The van der Waals surface area contributed by atoms with Crippen molar-refractivity contribution in [3.05, 3.63) is 0 Å². The molecule has 0 aromatic rings. The van der Waals surface area contributed by atoms with Crippen molar-refractivity contribution in [2.45, 2.75) is 37.8 Å². The predicted octanol–water partition coefficient (Wildman–Crippen LogP) is -0.0659. The average Bonchev–Trinajstić information content (AvgIpc) is 2.65. The highest BCUT2D eigenvalue weighted by molar-refractivity contribution is 5.80. The van der Waals surface area contributed by atoms with Crippen LogP contribution in [-0.2, 0) is 4.79 Å². The van der Waals surface area contributed by atoms with Gasteiger partial charge in [0.1, 0.15) is 0 Å². The monoisotopic (exact) mass is 199 g/mol. The van der Waals surface area contributed by atoms with Gasteiger partial charge in [0.25, 0.3) is 0 Å². The molecule has 0 saturated heterocycles. The molecule has 0 radical (unpaired) electrons. The predicted molar refractivity (Wildman–Crippen MR) is 56.9 cm³/mol. The van der Waals surface area contributed by atoms with Gasteiger partial charge in [-0.2, -0.15) is 0 Å². The van der Waals surface area contributed by atoms with E-state index in [1.807, 2.05) is 0 Å². The maximum atomic E-state index is 11.0. The van der Waals surface area contributed by atoms with Crippen LogP contribution in [0.4, 0.5) is 0 Å². The highest BCUT2D eigenvalue weighted by Crippen LogP contribution is 2.22. The molecule has 0 aromatic heterocycles. The molecular formula is C10H21N3O. The van der Waals surface area contributed by atoms with Gasteiger partial charge in [-0.25, -0.2) is 0 Å². The molecule has 82 valence electrons. The number of primary amides is 1. The molecule has 4 nitrogen and oxygen atoms in total. The summed E-state index contributed by atoms with van der Waals surface area (Å²) in [6, 6.07) is 0.422. The van der Waals surface area contributed by atoms with Crippen LogP contribution in [0, 0.1) is 0 Å². The van der Waals surface area contributed by atoms with Gasteiger partial charge >= 0.3 is 0 Å². The Bertz CT molecular complexity index is 190. The summed E-state index contributed by atoms with van der Waals surface area (Å²) in [5.41, 5.74) is 5.27. The van der Waals surface area contributed by atoms with E-state index in [0.29, 0.717) is 6.04 Å². The minimum absolute atomic E-state index is 0.222. The first-order valence-corrected chi connectivity index (χ1v) is 5.32. The lowest BCUT2D eigenvalue weighted by Gasteiger charge is -2.27. The number of nitrogens with zero attached hydrogens (tertiary/aromatic N) is 1. The van der Waals surface area contributed by atoms with Crippen molar-refractivity contribution in [1.82, 2.24) is 10.2 Å². The average molecular weight is 199 g/mol. The number of nitrogens with two attached hydrogens (primary N) is 1. The van der Waals surface area contributed by atoms with Crippen LogP contribution in [0.1, 0.15) is 25.7 Å². The number of hydrogen-bond donors (Lipinski definition) is 2. The van der Waals surface area contributed by atoms with Crippen LogP contribution in [0.5, 0.6) is 0 Å². The summed E-state index contributed by atoms with van der Waals surface area (Å²) >= 11 is 0. The molecule has 3 N–H and O–H groups in total. The number of carbonyl (C=O) groups is 1. The molecule has 14 heavy (non-hydrogen) atoms. The van der Waals surface area contributed by atoms with E-state index in [1.54, 1.807) is 7.05 Å². The van der Waals surface area contributed by atoms with E-state index in [4.69, 9.17) is 5.73 Å². The van der Waals surface area contributed by atoms with Crippen LogP contribution in [0.3, 0.4) is 0 Å². The molecular weight excluding hydrogens is 178 g/mol.